The fourth-order valence-corrected chi connectivity index (χ4v) is 3.49. The highest BCUT2D eigenvalue weighted by atomic mass is 16.6. The molecule has 0 unspecified atom stereocenters. The Balaban J connectivity index is 2.16. The molecule has 0 heterocycles. The molecule has 2 aliphatic rings. The van der Waals surface area contributed by atoms with Gasteiger partial charge in [0.15, 0.2) is 0 Å². The van der Waals surface area contributed by atoms with E-state index < -0.39 is 11.9 Å². The average Bonchev–Trinajstić information content (AvgIpc) is 2.50. The van der Waals surface area contributed by atoms with E-state index in [0.717, 1.165) is 19.3 Å². The van der Waals surface area contributed by atoms with E-state index in [1.54, 1.807) is 0 Å². The minimum absolute atomic E-state index is 0.0667. The van der Waals surface area contributed by atoms with Gasteiger partial charge in [0.05, 0.1) is 0 Å². The Bertz CT molecular complexity index is 347. The Morgan fingerprint density at radius 1 is 1.31 bits per heavy atom. The smallest absolute Gasteiger partial charge is 0.417 e. The number of aliphatic carboxylic acids is 1. The second-order valence-electron chi connectivity index (χ2n) is 5.81. The summed E-state index contributed by atoms with van der Waals surface area (Å²) in [5.41, 5.74) is 0.0687. The highest BCUT2D eigenvalue weighted by Gasteiger charge is 2.63. The van der Waals surface area contributed by atoms with Gasteiger partial charge in [-0.1, -0.05) is 20.8 Å². The van der Waals surface area contributed by atoms with Gasteiger partial charge in [-0.25, -0.2) is 9.59 Å². The maximum Gasteiger partial charge on any atom is 0.417 e. The summed E-state index contributed by atoms with van der Waals surface area (Å²) in [6.07, 6.45) is 2.75. The molecule has 0 saturated heterocycles. The quantitative estimate of drug-likeness (QED) is 0.547. The summed E-state index contributed by atoms with van der Waals surface area (Å²) in [6, 6.07) is 0. The van der Waals surface area contributed by atoms with E-state index in [1.807, 2.05) is 0 Å². The molecule has 1 N–H and O–H groups in total. The van der Waals surface area contributed by atoms with Crippen molar-refractivity contribution in [2.75, 3.05) is 0 Å². The standard InChI is InChI=1S/C12H18O4/c1-11(2)7-4-5-12(11,3)8(6-7)16-10(15)9(13)14/h7-8H,4-6H2,1-3H3,(H,13,14)/t7-,8+,12-/m1/s1. The fourth-order valence-electron chi connectivity index (χ4n) is 3.49. The number of rotatable bonds is 1. The molecule has 2 aliphatic carbocycles. The Morgan fingerprint density at radius 2 is 1.94 bits per heavy atom. The molecule has 0 amide bonds. The summed E-state index contributed by atoms with van der Waals surface area (Å²) < 4.78 is 5.11. The van der Waals surface area contributed by atoms with Crippen molar-refractivity contribution in [3.63, 3.8) is 0 Å². The number of carbonyl (C=O) groups is 2. The largest absolute Gasteiger partial charge is 0.473 e. The highest BCUT2D eigenvalue weighted by Crippen LogP contribution is 2.66. The first-order valence-electron chi connectivity index (χ1n) is 5.73. The van der Waals surface area contributed by atoms with Gasteiger partial charge >= 0.3 is 11.9 Å². The van der Waals surface area contributed by atoms with Gasteiger partial charge in [-0.3, -0.25) is 0 Å². The van der Waals surface area contributed by atoms with E-state index in [1.165, 1.54) is 0 Å². The highest BCUT2D eigenvalue weighted by molar-refractivity contribution is 6.28. The van der Waals surface area contributed by atoms with E-state index in [-0.39, 0.29) is 16.9 Å². The molecule has 0 aromatic carbocycles. The Kier molecular flexibility index (Phi) is 2.30. The van der Waals surface area contributed by atoms with Crippen LogP contribution in [-0.2, 0) is 14.3 Å². The van der Waals surface area contributed by atoms with Crippen LogP contribution in [0, 0.1) is 16.7 Å². The van der Waals surface area contributed by atoms with Crippen LogP contribution in [0.15, 0.2) is 0 Å². The number of hydrogen-bond acceptors (Lipinski definition) is 3. The van der Waals surface area contributed by atoms with Crippen LogP contribution in [0.25, 0.3) is 0 Å². The second-order valence-corrected chi connectivity index (χ2v) is 5.81. The minimum Gasteiger partial charge on any atom is -0.473 e. The van der Waals surface area contributed by atoms with Crippen LogP contribution >= 0.6 is 0 Å². The van der Waals surface area contributed by atoms with Gasteiger partial charge in [0, 0.05) is 5.41 Å². The molecular weight excluding hydrogens is 208 g/mol. The fraction of sp³-hybridized carbons (Fsp3) is 0.833. The molecule has 16 heavy (non-hydrogen) atoms. The van der Waals surface area contributed by atoms with Crippen LogP contribution in [0.5, 0.6) is 0 Å². The Labute approximate surface area is 95.0 Å². The molecular formula is C12H18O4. The van der Waals surface area contributed by atoms with Crippen molar-refractivity contribution in [1.82, 2.24) is 0 Å². The molecule has 0 radical (unpaired) electrons. The summed E-state index contributed by atoms with van der Waals surface area (Å²) in [7, 11) is 0. The average molecular weight is 226 g/mol. The molecule has 2 bridgehead atoms. The molecule has 4 nitrogen and oxygen atoms in total. The zero-order chi connectivity index (χ0) is 12.1. The SMILES string of the molecule is CC1(C)[C@@H]2CC[C@]1(C)[C@@H](OC(=O)C(=O)O)C2. The minimum atomic E-state index is -1.50. The van der Waals surface area contributed by atoms with E-state index >= 15 is 0 Å². The van der Waals surface area contributed by atoms with Gasteiger partial charge in [-0.05, 0) is 30.6 Å². The maximum absolute atomic E-state index is 11.1. The van der Waals surface area contributed by atoms with Crippen LogP contribution in [0.3, 0.4) is 0 Å². The number of carbonyl (C=O) groups excluding carboxylic acids is 1. The molecule has 2 saturated carbocycles. The first-order valence-corrected chi connectivity index (χ1v) is 5.73. The van der Waals surface area contributed by atoms with E-state index in [0.29, 0.717) is 5.92 Å². The number of esters is 1. The summed E-state index contributed by atoms with van der Waals surface area (Å²) in [6.45, 7) is 6.50. The summed E-state index contributed by atoms with van der Waals surface area (Å²) >= 11 is 0. The van der Waals surface area contributed by atoms with Crippen molar-refractivity contribution in [3.05, 3.63) is 0 Å². The number of carboxylic acid groups (broad SMARTS) is 1. The van der Waals surface area contributed by atoms with Crippen LogP contribution < -0.4 is 0 Å². The monoisotopic (exact) mass is 226 g/mol. The van der Waals surface area contributed by atoms with E-state index in [2.05, 4.69) is 20.8 Å². The summed E-state index contributed by atoms with van der Waals surface area (Å²) in [5.74, 6) is -2.07. The van der Waals surface area contributed by atoms with Gasteiger partial charge in [0.25, 0.3) is 0 Å². The third-order valence-corrected chi connectivity index (χ3v) is 5.14. The Hall–Kier alpha value is -1.06. The lowest BCUT2D eigenvalue weighted by atomic mass is 9.70. The van der Waals surface area contributed by atoms with Crippen LogP contribution in [-0.4, -0.2) is 23.1 Å². The lowest BCUT2D eigenvalue weighted by molar-refractivity contribution is -0.172. The first kappa shape index (κ1) is 11.4. The number of fused-ring (bicyclic) bond motifs is 2. The van der Waals surface area contributed by atoms with Gasteiger partial charge in [0.2, 0.25) is 0 Å². The summed E-state index contributed by atoms with van der Waals surface area (Å²) in [5, 5.41) is 8.55. The molecule has 0 aliphatic heterocycles. The first-order chi connectivity index (χ1) is 7.29. The van der Waals surface area contributed by atoms with E-state index in [9.17, 15) is 9.59 Å². The van der Waals surface area contributed by atoms with Crippen molar-refractivity contribution in [3.8, 4) is 0 Å². The molecule has 3 atom stereocenters. The van der Waals surface area contributed by atoms with Crippen molar-refractivity contribution in [2.24, 2.45) is 16.7 Å². The van der Waals surface area contributed by atoms with Crippen molar-refractivity contribution >= 4 is 11.9 Å². The zero-order valence-electron chi connectivity index (χ0n) is 9.95. The normalized spacial score (nSPS) is 39.7. The van der Waals surface area contributed by atoms with Crippen LogP contribution in [0.2, 0.25) is 0 Å². The van der Waals surface area contributed by atoms with Gasteiger partial charge < -0.3 is 9.84 Å². The third kappa shape index (κ3) is 1.28. The summed E-state index contributed by atoms with van der Waals surface area (Å²) in [4.78, 5) is 21.6. The van der Waals surface area contributed by atoms with Crippen LogP contribution in [0.1, 0.15) is 40.0 Å². The van der Waals surface area contributed by atoms with Crippen molar-refractivity contribution < 1.29 is 19.4 Å². The predicted octanol–water partition coefficient (Wildman–Crippen LogP) is 1.83. The molecule has 2 rings (SSSR count). The van der Waals surface area contributed by atoms with Gasteiger partial charge in [-0.2, -0.15) is 0 Å². The molecule has 0 aromatic heterocycles. The van der Waals surface area contributed by atoms with Gasteiger partial charge in [-0.15, -0.1) is 0 Å². The Morgan fingerprint density at radius 3 is 2.31 bits per heavy atom. The maximum atomic E-state index is 11.1. The topological polar surface area (TPSA) is 63.6 Å². The number of carboxylic acids is 1. The molecule has 90 valence electrons. The second kappa shape index (κ2) is 3.22. The number of hydrogen-bond donors (Lipinski definition) is 1. The van der Waals surface area contributed by atoms with Gasteiger partial charge in [0.1, 0.15) is 6.10 Å². The van der Waals surface area contributed by atoms with Crippen molar-refractivity contribution in [1.29, 1.82) is 0 Å². The van der Waals surface area contributed by atoms with E-state index in [4.69, 9.17) is 9.84 Å². The lowest BCUT2D eigenvalue weighted by Gasteiger charge is -2.38. The van der Waals surface area contributed by atoms with Crippen LogP contribution in [0.4, 0.5) is 0 Å². The molecule has 4 heteroatoms. The molecule has 0 spiro atoms. The molecule has 0 aromatic rings. The van der Waals surface area contributed by atoms with Crippen molar-refractivity contribution in [2.45, 2.75) is 46.1 Å². The zero-order valence-corrected chi connectivity index (χ0v) is 9.95. The lowest BCUT2D eigenvalue weighted by Crippen LogP contribution is -2.39. The third-order valence-electron chi connectivity index (χ3n) is 5.14. The predicted molar refractivity (Wildman–Crippen MR) is 56.7 cm³/mol. The molecule has 2 fully saturated rings. The number of ether oxygens (including phenoxy) is 1.